The number of rotatable bonds is 7. The van der Waals surface area contributed by atoms with Gasteiger partial charge in [0.1, 0.15) is 6.61 Å². The number of carbonyl (C=O) groups excluding carboxylic acids is 2. The molecule has 0 unspecified atom stereocenters. The first-order valence-electron chi connectivity index (χ1n) is 9.21. The maximum Gasteiger partial charge on any atom is 0.363 e. The van der Waals surface area contributed by atoms with E-state index in [1.807, 2.05) is 6.92 Å². The summed E-state index contributed by atoms with van der Waals surface area (Å²) in [5.74, 6) is 0.616. The van der Waals surface area contributed by atoms with Gasteiger partial charge < -0.3 is 19.5 Å². The quantitative estimate of drug-likeness (QED) is 0.427. The molecule has 30 heavy (non-hydrogen) atoms. The molecule has 1 aliphatic heterocycles. The number of aliphatic imine (C=N–C) groups is 1. The van der Waals surface area contributed by atoms with Gasteiger partial charge in [-0.05, 0) is 60.5 Å². The number of ether oxygens (including phenoxy) is 3. The highest BCUT2D eigenvalue weighted by Gasteiger charge is 2.24. The molecule has 0 atom stereocenters. The van der Waals surface area contributed by atoms with E-state index in [1.165, 1.54) is 6.92 Å². The highest BCUT2D eigenvalue weighted by Crippen LogP contribution is 2.30. The van der Waals surface area contributed by atoms with Crippen molar-refractivity contribution < 1.29 is 23.8 Å². The smallest absolute Gasteiger partial charge is 0.363 e. The zero-order valence-electron chi connectivity index (χ0n) is 17.0. The lowest BCUT2D eigenvalue weighted by molar-refractivity contribution is -0.129. The zero-order chi connectivity index (χ0) is 21.7. The predicted molar refractivity (Wildman–Crippen MR) is 115 cm³/mol. The van der Waals surface area contributed by atoms with E-state index in [1.54, 1.807) is 55.7 Å². The summed E-state index contributed by atoms with van der Waals surface area (Å²) in [6.07, 6.45) is 1.62. The van der Waals surface area contributed by atoms with Crippen molar-refractivity contribution in [3.8, 4) is 11.5 Å². The van der Waals surface area contributed by atoms with Gasteiger partial charge in [-0.2, -0.15) is 0 Å². The van der Waals surface area contributed by atoms with Crippen LogP contribution < -0.4 is 14.8 Å². The molecule has 1 aliphatic rings. The molecule has 0 spiro atoms. The largest absolute Gasteiger partial charge is 0.493 e. The van der Waals surface area contributed by atoms with Crippen molar-refractivity contribution in [2.24, 2.45) is 4.99 Å². The van der Waals surface area contributed by atoms with E-state index in [9.17, 15) is 9.59 Å². The van der Waals surface area contributed by atoms with Gasteiger partial charge in [0.05, 0.1) is 7.11 Å². The molecule has 2 aromatic carbocycles. The van der Waals surface area contributed by atoms with Crippen molar-refractivity contribution in [2.75, 3.05) is 19.0 Å². The van der Waals surface area contributed by atoms with Gasteiger partial charge in [-0.15, -0.1) is 0 Å². The molecule has 0 fully saturated rings. The lowest BCUT2D eigenvalue weighted by Crippen LogP contribution is -2.07. The van der Waals surface area contributed by atoms with E-state index in [4.69, 9.17) is 14.2 Å². The van der Waals surface area contributed by atoms with Crippen molar-refractivity contribution in [1.29, 1.82) is 0 Å². The van der Waals surface area contributed by atoms with Crippen LogP contribution in [0.3, 0.4) is 0 Å². The van der Waals surface area contributed by atoms with Crippen molar-refractivity contribution in [2.45, 2.75) is 13.8 Å². The third-order valence-electron chi connectivity index (χ3n) is 4.04. The van der Waals surface area contributed by atoms with E-state index < -0.39 is 5.97 Å². The molecule has 154 valence electrons. The van der Waals surface area contributed by atoms with Crippen molar-refractivity contribution in [1.82, 2.24) is 0 Å². The second-order valence-electron chi connectivity index (χ2n) is 6.75. The Morgan fingerprint density at radius 3 is 2.53 bits per heavy atom. The van der Waals surface area contributed by atoms with Gasteiger partial charge in [0, 0.05) is 18.2 Å². The van der Waals surface area contributed by atoms with Gasteiger partial charge in [-0.3, -0.25) is 4.79 Å². The lowest BCUT2D eigenvalue weighted by atomic mass is 10.1. The average molecular weight is 406 g/mol. The van der Waals surface area contributed by atoms with Crippen molar-refractivity contribution in [3.05, 3.63) is 71.4 Å². The summed E-state index contributed by atoms with van der Waals surface area (Å²) in [5.41, 5.74) is 3.06. The first kappa shape index (κ1) is 20.9. The number of carbonyl (C=O) groups is 2. The number of methoxy groups -OCH3 is 1. The summed E-state index contributed by atoms with van der Waals surface area (Å²) in [6, 6.07) is 12.2. The number of cyclic esters (lactones) is 1. The van der Waals surface area contributed by atoms with Gasteiger partial charge in [0.2, 0.25) is 11.8 Å². The maximum atomic E-state index is 12.2. The Hall–Kier alpha value is -3.87. The number of nitrogens with zero attached hydrogens (tertiary/aromatic N) is 1. The molecular formula is C23H22N2O5. The molecule has 7 nitrogen and oxygen atoms in total. The summed E-state index contributed by atoms with van der Waals surface area (Å²) in [4.78, 5) is 27.7. The van der Waals surface area contributed by atoms with Crippen LogP contribution in [0.5, 0.6) is 11.5 Å². The number of amides is 1. The molecule has 2 aromatic rings. The van der Waals surface area contributed by atoms with Crippen molar-refractivity contribution >= 4 is 29.5 Å². The van der Waals surface area contributed by atoms with Crippen LogP contribution in [0.1, 0.15) is 25.0 Å². The van der Waals surface area contributed by atoms with Gasteiger partial charge in [0.25, 0.3) is 0 Å². The molecule has 1 heterocycles. The fraction of sp³-hybridized carbons (Fsp3) is 0.174. The average Bonchev–Trinajstić information content (AvgIpc) is 3.07. The number of nitrogens with one attached hydrogen (secondary N) is 1. The Balaban J connectivity index is 1.81. The third kappa shape index (κ3) is 5.14. The minimum Gasteiger partial charge on any atom is -0.493 e. The minimum atomic E-state index is -0.544. The third-order valence-corrected chi connectivity index (χ3v) is 4.04. The van der Waals surface area contributed by atoms with Crippen molar-refractivity contribution in [3.63, 3.8) is 0 Å². The van der Waals surface area contributed by atoms with E-state index >= 15 is 0 Å². The molecule has 0 bridgehead atoms. The molecule has 3 rings (SSSR count). The summed E-state index contributed by atoms with van der Waals surface area (Å²) < 4.78 is 16.3. The van der Waals surface area contributed by atoms with Gasteiger partial charge in [0.15, 0.2) is 17.2 Å². The summed E-state index contributed by atoms with van der Waals surface area (Å²) in [5, 5.41) is 2.68. The zero-order valence-corrected chi connectivity index (χ0v) is 17.0. The number of benzene rings is 2. The standard InChI is InChI=1S/C23H22N2O5/c1-14(2)13-29-20-10-5-16(12-21(20)28-4)11-19-23(27)30-22(25-19)17-6-8-18(9-7-17)24-15(3)26/h5-12H,1,13H2,2-4H3,(H,24,26)/b19-11-. The van der Waals surface area contributed by atoms with E-state index in [2.05, 4.69) is 16.9 Å². The van der Waals surface area contributed by atoms with E-state index in [0.29, 0.717) is 34.9 Å². The Bertz CT molecular complexity index is 1050. The van der Waals surface area contributed by atoms with Crippen LogP contribution in [-0.4, -0.2) is 31.5 Å². The van der Waals surface area contributed by atoms with Gasteiger partial charge in [-0.25, -0.2) is 9.79 Å². The highest BCUT2D eigenvalue weighted by molar-refractivity contribution is 6.13. The van der Waals surface area contributed by atoms with E-state index in [0.717, 1.165) is 5.57 Å². The molecule has 0 radical (unpaired) electrons. The molecule has 0 saturated heterocycles. The molecule has 0 aliphatic carbocycles. The fourth-order valence-electron chi connectivity index (χ4n) is 2.68. The number of esters is 1. The first-order chi connectivity index (χ1) is 14.4. The Labute approximate surface area is 174 Å². The topological polar surface area (TPSA) is 86.2 Å². The Kier molecular flexibility index (Phi) is 6.32. The van der Waals surface area contributed by atoms with Crippen LogP contribution in [0.25, 0.3) is 6.08 Å². The lowest BCUT2D eigenvalue weighted by Gasteiger charge is -2.11. The predicted octanol–water partition coefficient (Wildman–Crippen LogP) is 3.95. The normalized spacial score (nSPS) is 14.2. The van der Waals surface area contributed by atoms with Crippen LogP contribution in [0.4, 0.5) is 5.69 Å². The Morgan fingerprint density at radius 2 is 1.90 bits per heavy atom. The molecule has 1 amide bonds. The number of anilines is 1. The summed E-state index contributed by atoms with van der Waals surface area (Å²) in [6.45, 7) is 7.50. The number of hydrogen-bond acceptors (Lipinski definition) is 6. The second kappa shape index (κ2) is 9.09. The molecular weight excluding hydrogens is 384 g/mol. The van der Waals surface area contributed by atoms with Crippen LogP contribution in [0.2, 0.25) is 0 Å². The molecule has 0 saturated carbocycles. The molecule has 1 N–H and O–H groups in total. The van der Waals surface area contributed by atoms with Crippen LogP contribution in [0.15, 0.2) is 65.3 Å². The summed E-state index contributed by atoms with van der Waals surface area (Å²) >= 11 is 0. The van der Waals surface area contributed by atoms with Crippen LogP contribution >= 0.6 is 0 Å². The monoisotopic (exact) mass is 406 g/mol. The Morgan fingerprint density at radius 1 is 1.17 bits per heavy atom. The van der Waals surface area contributed by atoms with Gasteiger partial charge in [-0.1, -0.05) is 12.6 Å². The molecule has 0 aromatic heterocycles. The first-order valence-corrected chi connectivity index (χ1v) is 9.21. The van der Waals surface area contributed by atoms with E-state index in [-0.39, 0.29) is 17.5 Å². The minimum absolute atomic E-state index is 0.163. The van der Waals surface area contributed by atoms with Gasteiger partial charge >= 0.3 is 5.97 Å². The maximum absolute atomic E-state index is 12.2. The number of hydrogen-bond donors (Lipinski definition) is 1. The van der Waals surface area contributed by atoms with Crippen LogP contribution in [-0.2, 0) is 14.3 Å². The van der Waals surface area contributed by atoms with Crippen LogP contribution in [0, 0.1) is 0 Å². The highest BCUT2D eigenvalue weighted by atomic mass is 16.6. The molecule has 7 heteroatoms. The summed E-state index contributed by atoms with van der Waals surface area (Å²) in [7, 11) is 1.55. The fourth-order valence-corrected chi connectivity index (χ4v) is 2.68. The second-order valence-corrected chi connectivity index (χ2v) is 6.75. The SMILES string of the molecule is C=C(C)COc1ccc(/C=C2\N=C(c3ccc(NC(C)=O)cc3)OC2=O)cc1OC.